The summed E-state index contributed by atoms with van der Waals surface area (Å²) >= 11 is 0. The van der Waals surface area contributed by atoms with Crippen molar-refractivity contribution in [2.24, 2.45) is 0 Å². The van der Waals surface area contributed by atoms with Gasteiger partial charge in [0.25, 0.3) is 0 Å². The van der Waals surface area contributed by atoms with Crippen molar-refractivity contribution in [2.45, 2.75) is 13.5 Å². The van der Waals surface area contributed by atoms with Crippen molar-refractivity contribution in [3.8, 4) is 6.07 Å². The van der Waals surface area contributed by atoms with Crippen LogP contribution in [0.15, 0.2) is 30.3 Å². The molecule has 0 atom stereocenters. The van der Waals surface area contributed by atoms with Gasteiger partial charge in [0.15, 0.2) is 0 Å². The van der Waals surface area contributed by atoms with E-state index in [4.69, 9.17) is 10.00 Å². The van der Waals surface area contributed by atoms with Crippen LogP contribution in [0.4, 0.5) is 0 Å². The molecule has 2 nitrogen and oxygen atoms in total. The summed E-state index contributed by atoms with van der Waals surface area (Å²) in [6.45, 7) is 2.53. The van der Waals surface area contributed by atoms with E-state index < -0.39 is 0 Å². The van der Waals surface area contributed by atoms with Gasteiger partial charge in [-0.15, -0.1) is 0 Å². The molecule has 2 heteroatoms. The average Bonchev–Trinajstić information content (AvgIpc) is 2.29. The molecule has 0 aromatic heterocycles. The molecule has 0 spiro atoms. The second-order valence-corrected chi connectivity index (χ2v) is 3.90. The lowest BCUT2D eigenvalue weighted by molar-refractivity contribution is 0.185. The fourth-order valence-corrected chi connectivity index (χ4v) is 1.84. The number of nitrogens with zero attached hydrogens (tertiary/aromatic N) is 1. The van der Waals surface area contributed by atoms with Crippen LogP contribution in [0.25, 0.3) is 10.8 Å². The van der Waals surface area contributed by atoms with Crippen LogP contribution in [0.5, 0.6) is 0 Å². The van der Waals surface area contributed by atoms with Crippen molar-refractivity contribution >= 4 is 10.8 Å². The number of hydrogen-bond acceptors (Lipinski definition) is 2. The standard InChI is InChI=1S/C14H13NO/c1-10-3-4-11-6-14(9-16-2)13(8-15)7-12(11)5-10/h3-7H,9H2,1-2H3. The number of hydrogen-bond donors (Lipinski definition) is 0. The zero-order valence-electron chi connectivity index (χ0n) is 9.45. The van der Waals surface area contributed by atoms with Gasteiger partial charge in [0.2, 0.25) is 0 Å². The zero-order valence-corrected chi connectivity index (χ0v) is 9.45. The molecular formula is C14H13NO. The third-order valence-electron chi connectivity index (χ3n) is 2.64. The summed E-state index contributed by atoms with van der Waals surface area (Å²) in [5.41, 5.74) is 2.84. The largest absolute Gasteiger partial charge is 0.380 e. The molecule has 0 fully saturated rings. The molecule has 0 aliphatic carbocycles. The monoisotopic (exact) mass is 211 g/mol. The Bertz CT molecular complexity index is 567. The molecule has 0 radical (unpaired) electrons. The van der Waals surface area contributed by atoms with Gasteiger partial charge in [0, 0.05) is 7.11 Å². The minimum absolute atomic E-state index is 0.479. The molecular weight excluding hydrogens is 198 g/mol. The van der Waals surface area contributed by atoms with Crippen molar-refractivity contribution in [3.63, 3.8) is 0 Å². The van der Waals surface area contributed by atoms with Gasteiger partial charge in [-0.05, 0) is 35.4 Å². The van der Waals surface area contributed by atoms with Crippen LogP contribution in [-0.4, -0.2) is 7.11 Å². The Hall–Kier alpha value is -1.85. The van der Waals surface area contributed by atoms with Crippen molar-refractivity contribution < 1.29 is 4.74 Å². The van der Waals surface area contributed by atoms with Crippen LogP contribution in [0.2, 0.25) is 0 Å². The predicted octanol–water partition coefficient (Wildman–Crippen LogP) is 3.17. The summed E-state index contributed by atoms with van der Waals surface area (Å²) in [7, 11) is 1.64. The topological polar surface area (TPSA) is 33.0 Å². The Morgan fingerprint density at radius 3 is 2.69 bits per heavy atom. The number of rotatable bonds is 2. The summed E-state index contributed by atoms with van der Waals surface area (Å²) in [6, 6.07) is 12.4. The van der Waals surface area contributed by atoms with E-state index in [2.05, 4.69) is 31.2 Å². The molecule has 0 heterocycles. The first-order chi connectivity index (χ1) is 7.74. The Labute approximate surface area is 95.1 Å². The van der Waals surface area contributed by atoms with Crippen LogP contribution >= 0.6 is 0 Å². The van der Waals surface area contributed by atoms with Crippen molar-refractivity contribution in [1.82, 2.24) is 0 Å². The maximum atomic E-state index is 9.07. The van der Waals surface area contributed by atoms with Gasteiger partial charge in [-0.3, -0.25) is 0 Å². The molecule has 2 rings (SSSR count). The molecule has 0 aliphatic rings. The lowest BCUT2D eigenvalue weighted by atomic mass is 10.0. The normalized spacial score (nSPS) is 10.3. The van der Waals surface area contributed by atoms with Crippen molar-refractivity contribution in [3.05, 3.63) is 47.0 Å². The summed E-state index contributed by atoms with van der Waals surface area (Å²) in [5.74, 6) is 0. The van der Waals surface area contributed by atoms with Gasteiger partial charge in [-0.25, -0.2) is 0 Å². The molecule has 2 aromatic rings. The SMILES string of the molecule is COCc1cc2ccc(C)cc2cc1C#N. The van der Waals surface area contributed by atoms with Crippen LogP contribution < -0.4 is 0 Å². The molecule has 0 unspecified atom stereocenters. The maximum Gasteiger partial charge on any atom is 0.0995 e. The summed E-state index contributed by atoms with van der Waals surface area (Å²) in [4.78, 5) is 0. The number of aryl methyl sites for hydroxylation is 1. The quantitative estimate of drug-likeness (QED) is 0.764. The third kappa shape index (κ3) is 1.91. The van der Waals surface area contributed by atoms with E-state index in [1.807, 2.05) is 12.1 Å². The highest BCUT2D eigenvalue weighted by molar-refractivity contribution is 5.85. The van der Waals surface area contributed by atoms with E-state index in [1.54, 1.807) is 7.11 Å². The van der Waals surface area contributed by atoms with E-state index in [0.717, 1.165) is 16.3 Å². The van der Waals surface area contributed by atoms with Gasteiger partial charge in [0.1, 0.15) is 0 Å². The molecule has 16 heavy (non-hydrogen) atoms. The Balaban J connectivity index is 2.66. The fourth-order valence-electron chi connectivity index (χ4n) is 1.84. The second kappa shape index (κ2) is 4.34. The van der Waals surface area contributed by atoms with E-state index in [1.165, 1.54) is 5.56 Å². The molecule has 0 saturated carbocycles. The number of fused-ring (bicyclic) bond motifs is 1. The summed E-state index contributed by atoms with van der Waals surface area (Å²) in [5, 5.41) is 11.3. The minimum Gasteiger partial charge on any atom is -0.380 e. The number of ether oxygens (including phenoxy) is 1. The highest BCUT2D eigenvalue weighted by atomic mass is 16.5. The van der Waals surface area contributed by atoms with Gasteiger partial charge >= 0.3 is 0 Å². The third-order valence-corrected chi connectivity index (χ3v) is 2.64. The molecule has 0 amide bonds. The van der Waals surface area contributed by atoms with Gasteiger partial charge in [0.05, 0.1) is 18.2 Å². The van der Waals surface area contributed by atoms with Crippen molar-refractivity contribution in [1.29, 1.82) is 5.26 Å². The summed E-state index contributed by atoms with van der Waals surface area (Å²) < 4.78 is 5.09. The fraction of sp³-hybridized carbons (Fsp3) is 0.214. The molecule has 0 bridgehead atoms. The molecule has 80 valence electrons. The van der Waals surface area contributed by atoms with Gasteiger partial charge < -0.3 is 4.74 Å². The number of nitriles is 1. The van der Waals surface area contributed by atoms with Crippen molar-refractivity contribution in [2.75, 3.05) is 7.11 Å². The molecule has 2 aromatic carbocycles. The van der Waals surface area contributed by atoms with Crippen LogP contribution in [0.3, 0.4) is 0 Å². The lowest BCUT2D eigenvalue weighted by Gasteiger charge is -2.06. The predicted molar refractivity (Wildman–Crippen MR) is 64.1 cm³/mol. The zero-order chi connectivity index (χ0) is 11.5. The molecule has 0 aliphatic heterocycles. The Morgan fingerprint density at radius 1 is 1.19 bits per heavy atom. The second-order valence-electron chi connectivity index (χ2n) is 3.90. The minimum atomic E-state index is 0.479. The summed E-state index contributed by atoms with van der Waals surface area (Å²) in [6.07, 6.45) is 0. The average molecular weight is 211 g/mol. The van der Waals surface area contributed by atoms with Gasteiger partial charge in [-0.2, -0.15) is 5.26 Å². The smallest absolute Gasteiger partial charge is 0.0995 e. The van der Waals surface area contributed by atoms with Crippen LogP contribution in [0.1, 0.15) is 16.7 Å². The number of benzene rings is 2. The van der Waals surface area contributed by atoms with E-state index in [0.29, 0.717) is 12.2 Å². The highest BCUT2D eigenvalue weighted by Crippen LogP contribution is 2.21. The molecule has 0 saturated heterocycles. The first kappa shape index (κ1) is 10.7. The van der Waals surface area contributed by atoms with E-state index >= 15 is 0 Å². The first-order valence-electron chi connectivity index (χ1n) is 5.17. The van der Waals surface area contributed by atoms with Crippen LogP contribution in [0, 0.1) is 18.3 Å². The number of methoxy groups -OCH3 is 1. The van der Waals surface area contributed by atoms with Crippen LogP contribution in [-0.2, 0) is 11.3 Å². The van der Waals surface area contributed by atoms with E-state index in [-0.39, 0.29) is 0 Å². The highest BCUT2D eigenvalue weighted by Gasteiger charge is 2.04. The van der Waals surface area contributed by atoms with E-state index in [9.17, 15) is 0 Å². The Kier molecular flexibility index (Phi) is 2.89. The first-order valence-corrected chi connectivity index (χ1v) is 5.17. The maximum absolute atomic E-state index is 9.07. The van der Waals surface area contributed by atoms with Gasteiger partial charge in [-0.1, -0.05) is 23.8 Å². The molecule has 0 N–H and O–H groups in total. The lowest BCUT2D eigenvalue weighted by Crippen LogP contribution is -1.93. The Morgan fingerprint density at radius 2 is 2.00 bits per heavy atom.